The molecule has 2 amide bonds. The summed E-state index contributed by atoms with van der Waals surface area (Å²) in [5.74, 6) is -0.825. The van der Waals surface area contributed by atoms with Crippen LogP contribution in [0.25, 0.3) is 16.9 Å². The molecule has 4 heterocycles. The highest BCUT2D eigenvalue weighted by atomic mass is 19.4. The number of hydrogen-bond acceptors (Lipinski definition) is 10. The molecule has 0 spiro atoms. The Kier molecular flexibility index (Phi) is 8.44. The molecule has 0 aliphatic carbocycles. The van der Waals surface area contributed by atoms with Gasteiger partial charge in [-0.2, -0.15) is 23.5 Å². The molecule has 5 rings (SSSR count). The fourth-order valence-corrected chi connectivity index (χ4v) is 4.85. The highest BCUT2D eigenvalue weighted by molar-refractivity contribution is 5.99. The number of anilines is 2. The molecule has 1 aromatic carbocycles. The summed E-state index contributed by atoms with van der Waals surface area (Å²) in [5.41, 5.74) is -0.670. The van der Waals surface area contributed by atoms with Gasteiger partial charge in [-0.3, -0.25) is 23.5 Å². The number of amides is 2. The molecule has 1 saturated heterocycles. The summed E-state index contributed by atoms with van der Waals surface area (Å²) < 4.78 is 48.7. The molecule has 0 radical (unpaired) electrons. The first kappa shape index (κ1) is 30.0. The Morgan fingerprint density at radius 1 is 1.30 bits per heavy atom. The number of benzene rings is 1. The van der Waals surface area contributed by atoms with Crippen molar-refractivity contribution in [1.29, 1.82) is 5.26 Å². The number of nitriles is 1. The Labute approximate surface area is 247 Å². The van der Waals surface area contributed by atoms with Gasteiger partial charge in [0.15, 0.2) is 22.9 Å². The average molecular weight is 611 g/mol. The van der Waals surface area contributed by atoms with Crippen molar-refractivity contribution < 1.29 is 32.3 Å². The molecular formula is C27H25F3N10O4. The van der Waals surface area contributed by atoms with E-state index in [2.05, 4.69) is 36.3 Å². The largest absolute Gasteiger partial charge is 0.435 e. The monoisotopic (exact) mass is 610 g/mol. The molecule has 1 aliphatic heterocycles. The summed E-state index contributed by atoms with van der Waals surface area (Å²) >= 11 is 0. The van der Waals surface area contributed by atoms with Crippen molar-refractivity contribution >= 4 is 35.4 Å². The maximum absolute atomic E-state index is 13.8. The molecule has 44 heavy (non-hydrogen) atoms. The third-order valence-electron chi connectivity index (χ3n) is 6.87. The van der Waals surface area contributed by atoms with Crippen LogP contribution in [-0.2, 0) is 22.3 Å². The molecule has 0 bridgehead atoms. The molecule has 17 heteroatoms. The molecule has 0 saturated carbocycles. The molecule has 1 atom stereocenters. The Morgan fingerprint density at radius 3 is 2.82 bits per heavy atom. The lowest BCUT2D eigenvalue weighted by molar-refractivity contribution is -0.141. The number of halogens is 3. The van der Waals surface area contributed by atoms with Crippen molar-refractivity contribution in [3.8, 4) is 23.1 Å². The smallest absolute Gasteiger partial charge is 0.426 e. The van der Waals surface area contributed by atoms with Gasteiger partial charge in [-0.05, 0) is 32.0 Å². The van der Waals surface area contributed by atoms with E-state index in [9.17, 15) is 27.6 Å². The van der Waals surface area contributed by atoms with Crippen molar-refractivity contribution in [3.05, 3.63) is 53.7 Å². The zero-order chi connectivity index (χ0) is 31.4. The minimum absolute atomic E-state index is 0.00345. The molecule has 4 aromatic rings. The van der Waals surface area contributed by atoms with Gasteiger partial charge in [0.25, 0.3) is 12.4 Å². The zero-order valence-electron chi connectivity index (χ0n) is 23.1. The molecule has 1 fully saturated rings. The highest BCUT2D eigenvalue weighted by Crippen LogP contribution is 2.38. The molecule has 14 nitrogen and oxygen atoms in total. The van der Waals surface area contributed by atoms with Gasteiger partial charge < -0.3 is 26.0 Å². The number of carbonyl (C=O) groups excluding carboxylic acids is 3. The minimum Gasteiger partial charge on any atom is -0.426 e. The van der Waals surface area contributed by atoms with Gasteiger partial charge in [-0.15, -0.1) is 0 Å². The Bertz CT molecular complexity index is 1770. The van der Waals surface area contributed by atoms with Gasteiger partial charge in [0, 0.05) is 42.3 Å². The van der Waals surface area contributed by atoms with Crippen molar-refractivity contribution in [2.75, 3.05) is 25.0 Å². The number of hydrogen-bond donors (Lipinski definition) is 4. The van der Waals surface area contributed by atoms with E-state index in [1.54, 1.807) is 13.0 Å². The molecular weight excluding hydrogens is 585 g/mol. The van der Waals surface area contributed by atoms with E-state index in [1.807, 2.05) is 0 Å². The molecule has 4 N–H and O–H groups in total. The molecule has 228 valence electrons. The van der Waals surface area contributed by atoms with Gasteiger partial charge in [0.05, 0.1) is 35.8 Å². The SMILES string of the molecule is Cc1c(C(=O)NCC(=O)N[C@H]2CCNC2)ccc(Nc2nccn3c(-c4cn(CC#N)nc4C(F)(F)F)cnc23)c1OC=O. The normalized spacial score (nSPS) is 14.7. The summed E-state index contributed by atoms with van der Waals surface area (Å²) in [7, 11) is 0. The van der Waals surface area contributed by atoms with Gasteiger partial charge >= 0.3 is 6.18 Å². The lowest BCUT2D eigenvalue weighted by Crippen LogP contribution is -2.42. The maximum Gasteiger partial charge on any atom is 0.435 e. The van der Waals surface area contributed by atoms with E-state index in [-0.39, 0.29) is 76.8 Å². The van der Waals surface area contributed by atoms with Crippen molar-refractivity contribution in [1.82, 2.24) is 40.1 Å². The first-order valence-corrected chi connectivity index (χ1v) is 13.2. The molecule has 3 aromatic heterocycles. The second-order valence-electron chi connectivity index (χ2n) is 9.75. The van der Waals surface area contributed by atoms with Gasteiger partial charge in [-0.1, -0.05) is 0 Å². The zero-order valence-corrected chi connectivity index (χ0v) is 23.1. The van der Waals surface area contributed by atoms with Crippen LogP contribution in [0.5, 0.6) is 5.75 Å². The van der Waals surface area contributed by atoms with E-state index in [4.69, 9.17) is 10.00 Å². The number of alkyl halides is 3. The Balaban J connectivity index is 1.41. The lowest BCUT2D eigenvalue weighted by atomic mass is 10.1. The third kappa shape index (κ3) is 6.15. The van der Waals surface area contributed by atoms with Crippen LogP contribution in [-0.4, -0.2) is 68.1 Å². The number of imidazole rings is 1. The van der Waals surface area contributed by atoms with Crippen LogP contribution in [0.1, 0.15) is 28.0 Å². The lowest BCUT2D eigenvalue weighted by Gasteiger charge is -2.16. The van der Waals surface area contributed by atoms with Crippen LogP contribution in [0.4, 0.5) is 24.7 Å². The van der Waals surface area contributed by atoms with Crippen LogP contribution in [0, 0.1) is 18.3 Å². The number of nitrogens with one attached hydrogen (secondary N) is 4. The summed E-state index contributed by atoms with van der Waals surface area (Å²) in [6.45, 7) is 2.55. The first-order valence-electron chi connectivity index (χ1n) is 13.2. The number of aromatic nitrogens is 5. The summed E-state index contributed by atoms with van der Waals surface area (Å²) in [6, 6.07) is 4.67. The van der Waals surface area contributed by atoms with E-state index in [0.717, 1.165) is 23.8 Å². The summed E-state index contributed by atoms with van der Waals surface area (Å²) in [6.07, 6.45) is 1.07. The summed E-state index contributed by atoms with van der Waals surface area (Å²) in [5, 5.41) is 23.9. The fourth-order valence-electron chi connectivity index (χ4n) is 4.85. The predicted molar refractivity (Wildman–Crippen MR) is 148 cm³/mol. The quantitative estimate of drug-likeness (QED) is 0.194. The first-order chi connectivity index (χ1) is 21.1. The van der Waals surface area contributed by atoms with Gasteiger partial charge in [0.1, 0.15) is 6.54 Å². The van der Waals surface area contributed by atoms with Crippen molar-refractivity contribution in [2.24, 2.45) is 0 Å². The van der Waals surface area contributed by atoms with Gasteiger partial charge in [-0.25, -0.2) is 9.97 Å². The van der Waals surface area contributed by atoms with E-state index >= 15 is 0 Å². The van der Waals surface area contributed by atoms with Crippen LogP contribution < -0.4 is 26.0 Å². The summed E-state index contributed by atoms with van der Waals surface area (Å²) in [4.78, 5) is 45.0. The number of rotatable bonds is 10. The van der Waals surface area contributed by atoms with E-state index in [0.29, 0.717) is 6.54 Å². The van der Waals surface area contributed by atoms with Crippen molar-refractivity contribution in [3.63, 3.8) is 0 Å². The van der Waals surface area contributed by atoms with Gasteiger partial charge in [0.2, 0.25) is 5.91 Å². The number of fused-ring (bicyclic) bond motifs is 1. The maximum atomic E-state index is 13.8. The predicted octanol–water partition coefficient (Wildman–Crippen LogP) is 1.93. The number of nitrogens with zero attached hydrogens (tertiary/aromatic N) is 6. The second kappa shape index (κ2) is 12.4. The topological polar surface area (TPSA) is 180 Å². The standard InChI is InChI=1S/C27H25F3N10O4/c1-15-17(26(43)35-12-21(42)36-16-4-6-32-10-16)2-3-19(22(15)44-14-41)37-24-25-34-11-20(40(25)9-7-33-24)18-13-39(8-5-31)38-23(18)27(28,29)30/h2-3,7,9,11,13-14,16,32H,4,6,8,10,12H2,1H3,(H,33,37)(H,35,43)(H,36,42)/t16-/m0/s1. The van der Waals surface area contributed by atoms with E-state index in [1.165, 1.54) is 35.1 Å². The Hall–Kier alpha value is -5.50. The number of carbonyl (C=O) groups is 3. The highest BCUT2D eigenvalue weighted by Gasteiger charge is 2.38. The number of ether oxygens (including phenoxy) is 1. The van der Waals surface area contributed by atoms with Crippen LogP contribution in [0.3, 0.4) is 0 Å². The van der Waals surface area contributed by atoms with Crippen LogP contribution in [0.2, 0.25) is 0 Å². The van der Waals surface area contributed by atoms with Crippen molar-refractivity contribution in [2.45, 2.75) is 32.1 Å². The second-order valence-corrected chi connectivity index (χ2v) is 9.75. The Morgan fingerprint density at radius 2 is 2.11 bits per heavy atom. The van der Waals surface area contributed by atoms with Crippen LogP contribution >= 0.6 is 0 Å². The minimum atomic E-state index is -4.79. The molecule has 1 aliphatic rings. The average Bonchev–Trinajstić information content (AvgIpc) is 3.74. The molecule has 0 unspecified atom stereocenters. The van der Waals surface area contributed by atoms with Crippen LogP contribution in [0.15, 0.2) is 36.9 Å². The van der Waals surface area contributed by atoms with E-state index < -0.39 is 17.8 Å². The fraction of sp³-hybridized carbons (Fsp3) is 0.296. The third-order valence-corrected chi connectivity index (χ3v) is 6.87.